The molecule has 1 N–H and O–H groups in total. The molecule has 1 amide bonds. The van der Waals surface area contributed by atoms with Gasteiger partial charge in [0.1, 0.15) is 0 Å². The van der Waals surface area contributed by atoms with Gasteiger partial charge in [-0.25, -0.2) is 8.42 Å². The van der Waals surface area contributed by atoms with E-state index in [2.05, 4.69) is 22.3 Å². The molecule has 1 saturated heterocycles. The molecule has 1 aromatic rings. The summed E-state index contributed by atoms with van der Waals surface area (Å²) in [6.07, 6.45) is 5.11. The standard InChI is InChI=1S/C17H25N3O3S/c1-24(22,23)20-11-9-19(10-12-20)8-7-17(21)18-16-6-5-14-3-2-4-15(14)13-16/h5-6,13H,2-4,7-12H2,1H3,(H,18,21). The summed E-state index contributed by atoms with van der Waals surface area (Å²) in [6.45, 7) is 3.03. The van der Waals surface area contributed by atoms with Crippen LogP contribution in [0.15, 0.2) is 18.2 Å². The highest BCUT2D eigenvalue weighted by molar-refractivity contribution is 7.88. The van der Waals surface area contributed by atoms with Crippen LogP contribution in [0, 0.1) is 0 Å². The predicted octanol–water partition coefficient (Wildman–Crippen LogP) is 1.08. The van der Waals surface area contributed by atoms with E-state index in [0.717, 1.165) is 18.5 Å². The summed E-state index contributed by atoms with van der Waals surface area (Å²) in [4.78, 5) is 14.3. The zero-order valence-corrected chi connectivity index (χ0v) is 14.9. The van der Waals surface area contributed by atoms with Crippen LogP contribution < -0.4 is 5.32 Å². The van der Waals surface area contributed by atoms with Crippen LogP contribution >= 0.6 is 0 Å². The molecule has 0 radical (unpaired) electrons. The van der Waals surface area contributed by atoms with Crippen molar-refractivity contribution in [1.29, 1.82) is 0 Å². The molecule has 3 rings (SSSR count). The number of hydrogen-bond donors (Lipinski definition) is 1. The molecule has 0 saturated carbocycles. The number of carbonyl (C=O) groups is 1. The first-order valence-corrected chi connectivity index (χ1v) is 10.4. The molecule has 1 aromatic carbocycles. The van der Waals surface area contributed by atoms with Crippen LogP contribution in [-0.4, -0.2) is 62.5 Å². The van der Waals surface area contributed by atoms with Gasteiger partial charge in [-0.05, 0) is 42.5 Å². The summed E-state index contributed by atoms with van der Waals surface area (Å²) >= 11 is 0. The molecule has 6 nitrogen and oxygen atoms in total. The molecule has 132 valence electrons. The van der Waals surface area contributed by atoms with Gasteiger partial charge >= 0.3 is 0 Å². The van der Waals surface area contributed by atoms with Gasteiger partial charge in [-0.1, -0.05) is 6.07 Å². The van der Waals surface area contributed by atoms with Gasteiger partial charge in [0.2, 0.25) is 15.9 Å². The lowest BCUT2D eigenvalue weighted by atomic mass is 10.1. The monoisotopic (exact) mass is 351 g/mol. The number of nitrogens with one attached hydrogen (secondary N) is 1. The van der Waals surface area contributed by atoms with Gasteiger partial charge in [0.25, 0.3) is 0 Å². The summed E-state index contributed by atoms with van der Waals surface area (Å²) in [6, 6.07) is 6.18. The van der Waals surface area contributed by atoms with Gasteiger partial charge in [-0.2, -0.15) is 4.31 Å². The van der Waals surface area contributed by atoms with Crippen LogP contribution in [0.25, 0.3) is 0 Å². The van der Waals surface area contributed by atoms with Crippen LogP contribution in [0.3, 0.4) is 0 Å². The molecular formula is C17H25N3O3S. The molecule has 0 unspecified atom stereocenters. The number of aryl methyl sites for hydroxylation is 2. The van der Waals surface area contributed by atoms with E-state index in [0.29, 0.717) is 39.1 Å². The number of rotatable bonds is 5. The number of benzene rings is 1. The Balaban J connectivity index is 1.43. The highest BCUT2D eigenvalue weighted by Crippen LogP contribution is 2.24. The third kappa shape index (κ3) is 4.34. The average molecular weight is 351 g/mol. The Morgan fingerprint density at radius 3 is 2.54 bits per heavy atom. The second-order valence-electron chi connectivity index (χ2n) is 6.64. The fourth-order valence-corrected chi connectivity index (χ4v) is 4.24. The van der Waals surface area contributed by atoms with Crippen molar-refractivity contribution in [3.05, 3.63) is 29.3 Å². The van der Waals surface area contributed by atoms with Crippen molar-refractivity contribution in [2.24, 2.45) is 0 Å². The molecule has 2 aliphatic rings. The van der Waals surface area contributed by atoms with E-state index < -0.39 is 10.0 Å². The van der Waals surface area contributed by atoms with Gasteiger partial charge in [0.05, 0.1) is 6.26 Å². The second kappa shape index (κ2) is 7.21. The minimum atomic E-state index is -3.10. The first-order chi connectivity index (χ1) is 11.4. The Kier molecular flexibility index (Phi) is 5.22. The zero-order chi connectivity index (χ0) is 17.2. The molecule has 7 heteroatoms. The number of carbonyl (C=O) groups excluding carboxylic acids is 1. The first kappa shape index (κ1) is 17.4. The van der Waals surface area contributed by atoms with Crippen molar-refractivity contribution < 1.29 is 13.2 Å². The second-order valence-corrected chi connectivity index (χ2v) is 8.62. The smallest absolute Gasteiger partial charge is 0.225 e. The number of sulfonamides is 1. The highest BCUT2D eigenvalue weighted by Gasteiger charge is 2.23. The fourth-order valence-electron chi connectivity index (χ4n) is 3.42. The Labute approximate surface area is 143 Å². The minimum Gasteiger partial charge on any atom is -0.326 e. The number of piperazine rings is 1. The van der Waals surface area contributed by atoms with Crippen LogP contribution in [0.1, 0.15) is 24.0 Å². The molecule has 0 spiro atoms. The molecule has 0 bridgehead atoms. The number of anilines is 1. The Bertz CT molecular complexity index is 710. The molecule has 1 aliphatic carbocycles. The van der Waals surface area contributed by atoms with Gasteiger partial charge in [-0.15, -0.1) is 0 Å². The number of amides is 1. The van der Waals surface area contributed by atoms with E-state index in [1.807, 2.05) is 6.07 Å². The molecule has 1 fully saturated rings. The van der Waals surface area contributed by atoms with Crippen molar-refractivity contribution in [2.75, 3.05) is 44.3 Å². The predicted molar refractivity (Wildman–Crippen MR) is 94.6 cm³/mol. The van der Waals surface area contributed by atoms with Crippen molar-refractivity contribution >= 4 is 21.6 Å². The van der Waals surface area contributed by atoms with E-state index in [1.54, 1.807) is 0 Å². The third-order valence-electron chi connectivity index (χ3n) is 4.84. The van der Waals surface area contributed by atoms with Crippen molar-refractivity contribution in [2.45, 2.75) is 25.7 Å². The van der Waals surface area contributed by atoms with E-state index in [-0.39, 0.29) is 5.91 Å². The Morgan fingerprint density at radius 2 is 1.83 bits per heavy atom. The summed E-state index contributed by atoms with van der Waals surface area (Å²) < 4.78 is 24.5. The Morgan fingerprint density at radius 1 is 1.12 bits per heavy atom. The normalized spacial score (nSPS) is 19.2. The summed E-state index contributed by atoms with van der Waals surface area (Å²) in [5, 5.41) is 2.97. The fraction of sp³-hybridized carbons (Fsp3) is 0.588. The maximum absolute atomic E-state index is 12.1. The van der Waals surface area contributed by atoms with Crippen molar-refractivity contribution in [1.82, 2.24) is 9.21 Å². The SMILES string of the molecule is CS(=O)(=O)N1CCN(CCC(=O)Nc2ccc3c(c2)CCC3)CC1. The number of nitrogens with zero attached hydrogens (tertiary/aromatic N) is 2. The quantitative estimate of drug-likeness (QED) is 0.862. The summed E-state index contributed by atoms with van der Waals surface area (Å²) in [7, 11) is -3.10. The Hall–Kier alpha value is -1.44. The van der Waals surface area contributed by atoms with Crippen molar-refractivity contribution in [3.63, 3.8) is 0 Å². The van der Waals surface area contributed by atoms with E-state index in [4.69, 9.17) is 0 Å². The topological polar surface area (TPSA) is 69.7 Å². The zero-order valence-electron chi connectivity index (χ0n) is 14.1. The molecule has 0 aromatic heterocycles. The highest BCUT2D eigenvalue weighted by atomic mass is 32.2. The first-order valence-electron chi connectivity index (χ1n) is 8.51. The number of hydrogen-bond acceptors (Lipinski definition) is 4. The van der Waals surface area contributed by atoms with Gasteiger partial charge < -0.3 is 10.2 Å². The van der Waals surface area contributed by atoms with E-state index in [1.165, 1.54) is 28.1 Å². The van der Waals surface area contributed by atoms with Crippen LogP contribution in [0.4, 0.5) is 5.69 Å². The van der Waals surface area contributed by atoms with E-state index in [9.17, 15) is 13.2 Å². The average Bonchev–Trinajstić information content (AvgIpc) is 3.00. The summed E-state index contributed by atoms with van der Waals surface area (Å²) in [5.41, 5.74) is 3.63. The minimum absolute atomic E-state index is 0.0125. The van der Waals surface area contributed by atoms with Crippen LogP contribution in [0.2, 0.25) is 0 Å². The lowest BCUT2D eigenvalue weighted by molar-refractivity contribution is -0.116. The molecule has 1 aliphatic heterocycles. The lowest BCUT2D eigenvalue weighted by Crippen LogP contribution is -2.48. The van der Waals surface area contributed by atoms with Gasteiger partial charge in [0.15, 0.2) is 0 Å². The lowest BCUT2D eigenvalue weighted by Gasteiger charge is -2.33. The van der Waals surface area contributed by atoms with Gasteiger partial charge in [0, 0.05) is 44.8 Å². The van der Waals surface area contributed by atoms with Crippen LogP contribution in [-0.2, 0) is 27.7 Å². The van der Waals surface area contributed by atoms with Crippen molar-refractivity contribution in [3.8, 4) is 0 Å². The molecule has 1 heterocycles. The van der Waals surface area contributed by atoms with E-state index >= 15 is 0 Å². The largest absolute Gasteiger partial charge is 0.326 e. The van der Waals surface area contributed by atoms with Crippen LogP contribution in [0.5, 0.6) is 0 Å². The van der Waals surface area contributed by atoms with Gasteiger partial charge in [-0.3, -0.25) is 4.79 Å². The number of fused-ring (bicyclic) bond motifs is 1. The third-order valence-corrected chi connectivity index (χ3v) is 6.14. The summed E-state index contributed by atoms with van der Waals surface area (Å²) in [5.74, 6) is 0.0125. The molecule has 24 heavy (non-hydrogen) atoms. The molecular weight excluding hydrogens is 326 g/mol. The molecule has 0 atom stereocenters. The maximum atomic E-state index is 12.1. The maximum Gasteiger partial charge on any atom is 0.225 e.